The summed E-state index contributed by atoms with van der Waals surface area (Å²) in [5.41, 5.74) is 0.529. The van der Waals surface area contributed by atoms with Gasteiger partial charge in [-0.1, -0.05) is 32.8 Å². The number of nitrogens with one attached hydrogen (secondary N) is 1. The van der Waals surface area contributed by atoms with Crippen LogP contribution in [0.25, 0.3) is 0 Å². The zero-order valence-electron chi connectivity index (χ0n) is 10.6. The molecule has 3 heteroatoms. The number of rotatable bonds is 7. The van der Waals surface area contributed by atoms with Crippen molar-refractivity contribution in [2.45, 2.75) is 52.1 Å². The Labute approximate surface area is 102 Å². The standard InChI is InChI=1S/C14H21F2N/c1-3-5-6-13(4-2)17-10-11-7-8-12(15)9-14(11)16/h7-9,13,17H,3-6,10H2,1-2H3. The zero-order chi connectivity index (χ0) is 12.7. The molecule has 1 nitrogen and oxygen atoms in total. The maximum atomic E-state index is 13.4. The molecule has 1 aromatic rings. The minimum absolute atomic E-state index is 0.416. The van der Waals surface area contributed by atoms with Crippen molar-refractivity contribution in [3.8, 4) is 0 Å². The van der Waals surface area contributed by atoms with Crippen LogP contribution in [0.1, 0.15) is 45.1 Å². The molecule has 0 aromatic heterocycles. The molecule has 0 saturated heterocycles. The van der Waals surface area contributed by atoms with Crippen molar-refractivity contribution in [3.05, 3.63) is 35.4 Å². The van der Waals surface area contributed by atoms with E-state index >= 15 is 0 Å². The van der Waals surface area contributed by atoms with E-state index in [4.69, 9.17) is 0 Å². The third-order valence-electron chi connectivity index (χ3n) is 3.00. The fourth-order valence-corrected chi connectivity index (χ4v) is 1.82. The molecular formula is C14H21F2N. The van der Waals surface area contributed by atoms with E-state index in [1.165, 1.54) is 25.0 Å². The van der Waals surface area contributed by atoms with E-state index in [-0.39, 0.29) is 0 Å². The predicted octanol–water partition coefficient (Wildman–Crippen LogP) is 4.02. The summed E-state index contributed by atoms with van der Waals surface area (Å²) < 4.78 is 26.1. The summed E-state index contributed by atoms with van der Waals surface area (Å²) in [4.78, 5) is 0. The summed E-state index contributed by atoms with van der Waals surface area (Å²) in [6, 6.07) is 4.15. The van der Waals surface area contributed by atoms with Crippen LogP contribution in [-0.2, 0) is 6.54 Å². The van der Waals surface area contributed by atoms with Gasteiger partial charge >= 0.3 is 0 Å². The summed E-state index contributed by atoms with van der Waals surface area (Å²) in [5.74, 6) is -0.993. The lowest BCUT2D eigenvalue weighted by Gasteiger charge is -2.16. The largest absolute Gasteiger partial charge is 0.310 e. The highest BCUT2D eigenvalue weighted by Gasteiger charge is 2.07. The van der Waals surface area contributed by atoms with Gasteiger partial charge in [-0.25, -0.2) is 8.78 Å². The molecular weight excluding hydrogens is 220 g/mol. The minimum Gasteiger partial charge on any atom is -0.310 e. The van der Waals surface area contributed by atoms with Crippen LogP contribution in [0.3, 0.4) is 0 Å². The Bertz CT molecular complexity index is 339. The van der Waals surface area contributed by atoms with Crippen molar-refractivity contribution in [1.82, 2.24) is 5.32 Å². The second-order valence-corrected chi connectivity index (χ2v) is 4.36. The van der Waals surface area contributed by atoms with Crippen molar-refractivity contribution in [3.63, 3.8) is 0 Å². The zero-order valence-corrected chi connectivity index (χ0v) is 10.6. The molecule has 1 rings (SSSR count). The number of hydrogen-bond donors (Lipinski definition) is 1. The normalized spacial score (nSPS) is 12.7. The van der Waals surface area contributed by atoms with Crippen LogP contribution < -0.4 is 5.32 Å². The van der Waals surface area contributed by atoms with Gasteiger partial charge in [-0.3, -0.25) is 0 Å². The Hall–Kier alpha value is -0.960. The predicted molar refractivity (Wildman–Crippen MR) is 66.8 cm³/mol. The van der Waals surface area contributed by atoms with E-state index in [0.29, 0.717) is 18.2 Å². The van der Waals surface area contributed by atoms with Gasteiger partial charge in [-0.2, -0.15) is 0 Å². The Morgan fingerprint density at radius 2 is 2.00 bits per heavy atom. The number of unbranched alkanes of at least 4 members (excludes halogenated alkanes) is 1. The summed E-state index contributed by atoms with van der Waals surface area (Å²) >= 11 is 0. The van der Waals surface area contributed by atoms with Gasteiger partial charge in [0.2, 0.25) is 0 Å². The first kappa shape index (κ1) is 14.1. The molecule has 17 heavy (non-hydrogen) atoms. The first-order chi connectivity index (χ1) is 8.17. The third kappa shape index (κ3) is 4.82. The average molecular weight is 241 g/mol. The Balaban J connectivity index is 2.47. The van der Waals surface area contributed by atoms with Crippen LogP contribution in [0, 0.1) is 11.6 Å². The molecule has 0 aliphatic carbocycles. The maximum absolute atomic E-state index is 13.4. The molecule has 96 valence electrons. The van der Waals surface area contributed by atoms with Gasteiger partial charge in [0.05, 0.1) is 0 Å². The van der Waals surface area contributed by atoms with Gasteiger partial charge in [-0.05, 0) is 18.9 Å². The second-order valence-electron chi connectivity index (χ2n) is 4.36. The van der Waals surface area contributed by atoms with Crippen molar-refractivity contribution < 1.29 is 8.78 Å². The van der Waals surface area contributed by atoms with Crippen LogP contribution in [0.4, 0.5) is 8.78 Å². The van der Waals surface area contributed by atoms with Crippen molar-refractivity contribution in [2.24, 2.45) is 0 Å². The number of halogens is 2. The molecule has 0 radical (unpaired) electrons. The summed E-state index contributed by atoms with van der Waals surface area (Å²) in [7, 11) is 0. The first-order valence-electron chi connectivity index (χ1n) is 6.34. The van der Waals surface area contributed by atoms with E-state index in [9.17, 15) is 8.78 Å². The molecule has 1 aromatic carbocycles. The van der Waals surface area contributed by atoms with Gasteiger partial charge in [-0.15, -0.1) is 0 Å². The molecule has 0 bridgehead atoms. The fraction of sp³-hybridized carbons (Fsp3) is 0.571. The Kier molecular flexibility index (Phi) is 6.12. The molecule has 1 N–H and O–H groups in total. The Morgan fingerprint density at radius 1 is 1.24 bits per heavy atom. The topological polar surface area (TPSA) is 12.0 Å². The molecule has 0 spiro atoms. The molecule has 0 aliphatic rings. The van der Waals surface area contributed by atoms with Crippen molar-refractivity contribution >= 4 is 0 Å². The summed E-state index contributed by atoms with van der Waals surface area (Å²) in [6.07, 6.45) is 4.49. The van der Waals surface area contributed by atoms with E-state index in [1.807, 2.05) is 0 Å². The van der Waals surface area contributed by atoms with Gasteiger partial charge in [0.15, 0.2) is 0 Å². The van der Waals surface area contributed by atoms with Crippen LogP contribution in [0.5, 0.6) is 0 Å². The van der Waals surface area contributed by atoms with Crippen molar-refractivity contribution in [2.75, 3.05) is 0 Å². The molecule has 0 amide bonds. The first-order valence-corrected chi connectivity index (χ1v) is 6.34. The third-order valence-corrected chi connectivity index (χ3v) is 3.00. The van der Waals surface area contributed by atoms with Gasteiger partial charge in [0.1, 0.15) is 11.6 Å². The number of benzene rings is 1. The molecule has 1 unspecified atom stereocenters. The second kappa shape index (κ2) is 7.38. The van der Waals surface area contributed by atoms with Gasteiger partial charge < -0.3 is 5.32 Å². The minimum atomic E-state index is -0.524. The highest BCUT2D eigenvalue weighted by Crippen LogP contribution is 2.11. The van der Waals surface area contributed by atoms with Crippen molar-refractivity contribution in [1.29, 1.82) is 0 Å². The smallest absolute Gasteiger partial charge is 0.130 e. The quantitative estimate of drug-likeness (QED) is 0.760. The lowest BCUT2D eigenvalue weighted by atomic mass is 10.1. The lowest BCUT2D eigenvalue weighted by molar-refractivity contribution is 0.445. The molecule has 0 fully saturated rings. The van der Waals surface area contributed by atoms with E-state index in [2.05, 4.69) is 19.2 Å². The van der Waals surface area contributed by atoms with E-state index < -0.39 is 11.6 Å². The molecule has 0 aliphatic heterocycles. The molecule has 0 saturated carbocycles. The molecule has 1 atom stereocenters. The van der Waals surface area contributed by atoms with Crippen LogP contribution in [-0.4, -0.2) is 6.04 Å². The van der Waals surface area contributed by atoms with Crippen LogP contribution >= 0.6 is 0 Å². The summed E-state index contributed by atoms with van der Waals surface area (Å²) in [5, 5.41) is 3.32. The average Bonchev–Trinajstić information content (AvgIpc) is 2.31. The highest BCUT2D eigenvalue weighted by atomic mass is 19.1. The van der Waals surface area contributed by atoms with Crippen LogP contribution in [0.2, 0.25) is 0 Å². The maximum Gasteiger partial charge on any atom is 0.130 e. The molecule has 0 heterocycles. The Morgan fingerprint density at radius 3 is 2.59 bits per heavy atom. The lowest BCUT2D eigenvalue weighted by Crippen LogP contribution is -2.28. The van der Waals surface area contributed by atoms with E-state index in [1.54, 1.807) is 0 Å². The SMILES string of the molecule is CCCCC(CC)NCc1ccc(F)cc1F. The highest BCUT2D eigenvalue weighted by molar-refractivity contribution is 5.18. The fourth-order valence-electron chi connectivity index (χ4n) is 1.82. The van der Waals surface area contributed by atoms with Gasteiger partial charge in [0.25, 0.3) is 0 Å². The van der Waals surface area contributed by atoms with E-state index in [0.717, 1.165) is 18.9 Å². The summed E-state index contributed by atoms with van der Waals surface area (Å²) in [6.45, 7) is 4.75. The monoisotopic (exact) mass is 241 g/mol. The van der Waals surface area contributed by atoms with Gasteiger partial charge in [0, 0.05) is 24.2 Å². The number of hydrogen-bond acceptors (Lipinski definition) is 1. The van der Waals surface area contributed by atoms with Crippen LogP contribution in [0.15, 0.2) is 18.2 Å².